The van der Waals surface area contributed by atoms with Crippen LogP contribution in [-0.2, 0) is 19.4 Å². The van der Waals surface area contributed by atoms with Gasteiger partial charge in [-0.3, -0.25) is 0 Å². The first-order chi connectivity index (χ1) is 16.3. The Morgan fingerprint density at radius 2 is 2.03 bits per heavy atom. The fourth-order valence-corrected chi connectivity index (χ4v) is 5.58. The van der Waals surface area contributed by atoms with Gasteiger partial charge in [-0.2, -0.15) is 0 Å². The fourth-order valence-electron chi connectivity index (χ4n) is 3.42. The number of ether oxygens (including phenoxy) is 2. The third-order valence-corrected chi connectivity index (χ3v) is 8.01. The van der Waals surface area contributed by atoms with E-state index in [1.165, 1.54) is 6.20 Å². The molecule has 0 saturated carbocycles. The number of carboxylic acid groups (broad SMARTS) is 1. The Balaban J connectivity index is 1.33. The molecule has 0 radical (unpaired) electrons. The van der Waals surface area contributed by atoms with Crippen LogP contribution in [-0.4, -0.2) is 82.0 Å². The molecule has 3 rings (SSSR count). The Morgan fingerprint density at radius 3 is 2.71 bits per heavy atom. The molecule has 9 nitrogen and oxygen atoms in total. The molecule has 1 aliphatic heterocycles. The summed E-state index contributed by atoms with van der Waals surface area (Å²) in [6.45, 7) is 5.71. The Morgan fingerprint density at radius 1 is 1.24 bits per heavy atom. The number of thioether (sulfide) groups is 1. The molecule has 1 aliphatic rings. The predicted molar refractivity (Wildman–Crippen MR) is 132 cm³/mol. The molecule has 1 aromatic carbocycles. The van der Waals surface area contributed by atoms with Crippen molar-refractivity contribution in [3.05, 3.63) is 42.1 Å². The van der Waals surface area contributed by atoms with Gasteiger partial charge in [0.1, 0.15) is 11.6 Å². The number of hydrogen-bond donors (Lipinski definition) is 2. The highest BCUT2D eigenvalue weighted by Gasteiger charge is 2.17. The molecule has 1 aromatic heterocycles. The summed E-state index contributed by atoms with van der Waals surface area (Å²) in [5.74, 6) is 1.24. The van der Waals surface area contributed by atoms with E-state index in [4.69, 9.17) is 14.6 Å². The van der Waals surface area contributed by atoms with E-state index >= 15 is 0 Å². The monoisotopic (exact) mass is 509 g/mol. The molecule has 1 fully saturated rings. The van der Waals surface area contributed by atoms with Gasteiger partial charge >= 0.3 is 5.97 Å². The first-order valence-corrected chi connectivity index (χ1v) is 13.8. The Bertz CT molecular complexity index is 1040. The standard InChI is InChI=1S/C23H31N3O6S2/c1-18-15-19(3-5-21(18)32-17-23(27)28)33-13-8-24-7-2-14-34(29,30)20-4-6-22(25-16-20)26-9-11-31-12-10-26/h3-6,15-16,24H,2,7-14,17H2,1H3,(H,27,28). The summed E-state index contributed by atoms with van der Waals surface area (Å²) >= 11 is 1.67. The molecule has 11 heteroatoms. The Labute approximate surface area is 204 Å². The number of anilines is 1. The molecular weight excluding hydrogens is 478 g/mol. The summed E-state index contributed by atoms with van der Waals surface area (Å²) in [6, 6.07) is 9.05. The Hall–Kier alpha value is -2.34. The van der Waals surface area contributed by atoms with Crippen molar-refractivity contribution in [2.75, 3.05) is 62.4 Å². The van der Waals surface area contributed by atoms with E-state index in [-0.39, 0.29) is 17.3 Å². The van der Waals surface area contributed by atoms with Crippen molar-refractivity contribution in [3.8, 4) is 5.75 Å². The lowest BCUT2D eigenvalue weighted by molar-refractivity contribution is -0.139. The zero-order chi connectivity index (χ0) is 24.4. The molecule has 2 N–H and O–H groups in total. The van der Waals surface area contributed by atoms with Crippen molar-refractivity contribution >= 4 is 33.4 Å². The van der Waals surface area contributed by atoms with Gasteiger partial charge in [-0.25, -0.2) is 18.2 Å². The molecule has 2 aromatic rings. The number of rotatable bonds is 13. The summed E-state index contributed by atoms with van der Waals surface area (Å²) < 4.78 is 35.7. The number of aromatic nitrogens is 1. The van der Waals surface area contributed by atoms with Crippen molar-refractivity contribution in [3.63, 3.8) is 0 Å². The molecule has 0 unspecified atom stereocenters. The van der Waals surface area contributed by atoms with E-state index < -0.39 is 15.8 Å². The van der Waals surface area contributed by atoms with Crippen LogP contribution in [0.15, 0.2) is 46.3 Å². The number of nitrogens with zero attached hydrogens (tertiary/aromatic N) is 2. The second-order valence-electron chi connectivity index (χ2n) is 7.83. The highest BCUT2D eigenvalue weighted by molar-refractivity contribution is 7.99. The minimum absolute atomic E-state index is 0.0721. The van der Waals surface area contributed by atoms with Crippen LogP contribution in [0.4, 0.5) is 5.82 Å². The summed E-state index contributed by atoms with van der Waals surface area (Å²) in [7, 11) is -3.36. The quantitative estimate of drug-likeness (QED) is 0.307. The number of aliphatic carboxylic acids is 1. The maximum absolute atomic E-state index is 12.6. The number of nitrogens with one attached hydrogen (secondary N) is 1. The molecule has 1 saturated heterocycles. The predicted octanol–water partition coefficient (Wildman–Crippen LogP) is 2.24. The molecule has 0 bridgehead atoms. The van der Waals surface area contributed by atoms with E-state index in [0.717, 1.165) is 41.7 Å². The molecule has 34 heavy (non-hydrogen) atoms. The van der Waals surface area contributed by atoms with Crippen LogP contribution in [0.1, 0.15) is 12.0 Å². The summed E-state index contributed by atoms with van der Waals surface area (Å²) in [5, 5.41) is 12.0. The number of carbonyl (C=O) groups is 1. The number of hydrogen-bond acceptors (Lipinski definition) is 9. The van der Waals surface area contributed by atoms with Crippen LogP contribution in [0.25, 0.3) is 0 Å². The van der Waals surface area contributed by atoms with Gasteiger partial charge in [-0.1, -0.05) is 0 Å². The highest BCUT2D eigenvalue weighted by atomic mass is 32.2. The minimum Gasteiger partial charge on any atom is -0.482 e. The van der Waals surface area contributed by atoms with Crippen molar-refractivity contribution in [1.82, 2.24) is 10.3 Å². The number of carboxylic acids is 1. The van der Waals surface area contributed by atoms with Gasteiger partial charge in [0, 0.05) is 36.5 Å². The van der Waals surface area contributed by atoms with Gasteiger partial charge in [0.15, 0.2) is 16.4 Å². The second kappa shape index (κ2) is 12.9. The van der Waals surface area contributed by atoms with E-state index in [0.29, 0.717) is 31.9 Å². The van der Waals surface area contributed by atoms with E-state index in [1.807, 2.05) is 19.1 Å². The zero-order valence-electron chi connectivity index (χ0n) is 19.2. The first-order valence-electron chi connectivity index (χ1n) is 11.2. The topological polar surface area (TPSA) is 118 Å². The summed E-state index contributed by atoms with van der Waals surface area (Å²) in [4.78, 5) is 18.4. The van der Waals surface area contributed by atoms with Gasteiger partial charge in [-0.15, -0.1) is 11.8 Å². The number of sulfone groups is 1. The van der Waals surface area contributed by atoms with Crippen LogP contribution in [0, 0.1) is 6.92 Å². The smallest absolute Gasteiger partial charge is 0.341 e. The van der Waals surface area contributed by atoms with Gasteiger partial charge in [0.25, 0.3) is 0 Å². The fraction of sp³-hybridized carbons (Fsp3) is 0.478. The van der Waals surface area contributed by atoms with Crippen LogP contribution in [0.2, 0.25) is 0 Å². The molecule has 0 aliphatic carbocycles. The minimum atomic E-state index is -3.36. The number of morpholine rings is 1. The third-order valence-electron chi connectivity index (χ3n) is 5.23. The molecule has 0 atom stereocenters. The average Bonchev–Trinajstić information content (AvgIpc) is 2.83. The number of pyridine rings is 1. The van der Waals surface area contributed by atoms with Crippen LogP contribution in [0.3, 0.4) is 0 Å². The van der Waals surface area contributed by atoms with Gasteiger partial charge in [0.05, 0.1) is 23.9 Å². The summed E-state index contributed by atoms with van der Waals surface area (Å²) in [5.41, 5.74) is 0.886. The van der Waals surface area contributed by atoms with E-state index in [9.17, 15) is 13.2 Å². The maximum atomic E-state index is 12.6. The normalized spacial score (nSPS) is 14.2. The van der Waals surface area contributed by atoms with E-state index in [1.54, 1.807) is 30.0 Å². The van der Waals surface area contributed by atoms with Crippen LogP contribution in [0.5, 0.6) is 5.75 Å². The van der Waals surface area contributed by atoms with Crippen molar-refractivity contribution in [2.24, 2.45) is 0 Å². The second-order valence-corrected chi connectivity index (χ2v) is 11.1. The van der Waals surface area contributed by atoms with E-state index in [2.05, 4.69) is 15.2 Å². The lowest BCUT2D eigenvalue weighted by Gasteiger charge is -2.27. The number of benzene rings is 1. The third kappa shape index (κ3) is 8.15. The van der Waals surface area contributed by atoms with Gasteiger partial charge in [-0.05, 0) is 55.8 Å². The Kier molecular flexibility index (Phi) is 10.00. The maximum Gasteiger partial charge on any atom is 0.341 e. The molecule has 0 spiro atoms. The zero-order valence-corrected chi connectivity index (χ0v) is 20.9. The van der Waals surface area contributed by atoms with Crippen LogP contribution >= 0.6 is 11.8 Å². The van der Waals surface area contributed by atoms with Crippen LogP contribution < -0.4 is 15.0 Å². The molecule has 2 heterocycles. The van der Waals surface area contributed by atoms with Crippen molar-refractivity contribution < 1.29 is 27.8 Å². The molecule has 186 valence electrons. The summed E-state index contributed by atoms with van der Waals surface area (Å²) in [6.07, 6.45) is 1.97. The van der Waals surface area contributed by atoms with Crippen molar-refractivity contribution in [1.29, 1.82) is 0 Å². The SMILES string of the molecule is Cc1cc(SCCNCCCS(=O)(=O)c2ccc(N3CCOCC3)nc2)ccc1OCC(=O)O. The molecular formula is C23H31N3O6S2. The van der Waals surface area contributed by atoms with Gasteiger partial charge < -0.3 is 24.8 Å². The first kappa shape index (κ1) is 26.3. The van der Waals surface area contributed by atoms with Gasteiger partial charge in [0.2, 0.25) is 0 Å². The number of aryl methyl sites for hydroxylation is 1. The highest BCUT2D eigenvalue weighted by Crippen LogP contribution is 2.25. The lowest BCUT2D eigenvalue weighted by Crippen LogP contribution is -2.36. The molecule has 0 amide bonds. The average molecular weight is 510 g/mol. The lowest BCUT2D eigenvalue weighted by atomic mass is 10.2. The largest absolute Gasteiger partial charge is 0.482 e. The van der Waals surface area contributed by atoms with Crippen molar-refractivity contribution in [2.45, 2.75) is 23.1 Å².